The molecule has 1 aliphatic carbocycles. The molecule has 150 valence electrons. The summed E-state index contributed by atoms with van der Waals surface area (Å²) in [6.45, 7) is 7.90. The number of aromatic nitrogens is 1. The maximum Gasteiger partial charge on any atom is 0.231 e. The lowest BCUT2D eigenvalue weighted by molar-refractivity contribution is -0.123. The molecular formula is C20H29Cl2N3OS. The summed E-state index contributed by atoms with van der Waals surface area (Å²) in [5, 5.41) is 1.52. The highest BCUT2D eigenvalue weighted by atomic mass is 35.5. The van der Waals surface area contributed by atoms with E-state index in [0.717, 1.165) is 60.7 Å². The first-order valence-corrected chi connectivity index (χ1v) is 10.9. The zero-order valence-corrected chi connectivity index (χ0v) is 18.5. The molecule has 0 unspecified atom stereocenters. The van der Waals surface area contributed by atoms with E-state index in [0.29, 0.717) is 11.6 Å². The predicted molar refractivity (Wildman–Crippen MR) is 119 cm³/mol. The molecule has 0 N–H and O–H groups in total. The van der Waals surface area contributed by atoms with Crippen LogP contribution < -0.4 is 4.90 Å². The monoisotopic (exact) mass is 429 g/mol. The minimum atomic E-state index is 0. The zero-order valence-electron chi connectivity index (χ0n) is 16.1. The molecule has 0 atom stereocenters. The highest BCUT2D eigenvalue weighted by molar-refractivity contribution is 7.22. The molecule has 1 heterocycles. The molecule has 0 radical (unpaired) electrons. The highest BCUT2D eigenvalue weighted by Crippen LogP contribution is 2.33. The van der Waals surface area contributed by atoms with Crippen LogP contribution in [0.3, 0.4) is 0 Å². The Morgan fingerprint density at radius 2 is 1.89 bits per heavy atom. The molecule has 0 aliphatic heterocycles. The largest absolute Gasteiger partial charge is 0.302 e. The van der Waals surface area contributed by atoms with Crippen molar-refractivity contribution in [2.75, 3.05) is 31.1 Å². The summed E-state index contributed by atoms with van der Waals surface area (Å²) in [7, 11) is 0. The molecular weight excluding hydrogens is 401 g/mol. The van der Waals surface area contributed by atoms with E-state index < -0.39 is 0 Å². The van der Waals surface area contributed by atoms with Crippen LogP contribution in [0, 0.1) is 5.92 Å². The van der Waals surface area contributed by atoms with Crippen LogP contribution in [0.1, 0.15) is 46.0 Å². The smallest absolute Gasteiger partial charge is 0.231 e. The van der Waals surface area contributed by atoms with Crippen molar-refractivity contribution in [2.45, 2.75) is 46.0 Å². The maximum absolute atomic E-state index is 13.3. The Bertz CT molecular complexity index is 742. The number of carbonyl (C=O) groups excluding carboxylic acids is 1. The number of likely N-dealkylation sites (N-methyl/N-ethyl adjacent to an activating group) is 1. The quantitative estimate of drug-likeness (QED) is 0.572. The van der Waals surface area contributed by atoms with Gasteiger partial charge < -0.3 is 4.90 Å². The van der Waals surface area contributed by atoms with Gasteiger partial charge in [0.1, 0.15) is 0 Å². The molecule has 0 bridgehead atoms. The molecule has 0 spiro atoms. The summed E-state index contributed by atoms with van der Waals surface area (Å²) in [6.07, 6.45) is 5.60. The number of fused-ring (bicyclic) bond motifs is 1. The van der Waals surface area contributed by atoms with Gasteiger partial charge in [-0.1, -0.05) is 56.0 Å². The van der Waals surface area contributed by atoms with E-state index in [2.05, 4.69) is 18.7 Å². The molecule has 1 fully saturated rings. The number of nitrogens with zero attached hydrogens (tertiary/aromatic N) is 3. The Kier molecular flexibility index (Phi) is 8.80. The van der Waals surface area contributed by atoms with Gasteiger partial charge in [-0.15, -0.1) is 12.4 Å². The van der Waals surface area contributed by atoms with E-state index >= 15 is 0 Å². The third kappa shape index (κ3) is 5.57. The van der Waals surface area contributed by atoms with Crippen molar-refractivity contribution in [3.05, 3.63) is 23.2 Å². The van der Waals surface area contributed by atoms with Gasteiger partial charge in [0.25, 0.3) is 0 Å². The molecule has 3 rings (SSSR count). The van der Waals surface area contributed by atoms with E-state index in [-0.39, 0.29) is 24.2 Å². The predicted octanol–water partition coefficient (Wildman–Crippen LogP) is 5.63. The van der Waals surface area contributed by atoms with E-state index in [4.69, 9.17) is 16.6 Å². The summed E-state index contributed by atoms with van der Waals surface area (Å²) >= 11 is 7.69. The van der Waals surface area contributed by atoms with Gasteiger partial charge in [-0.05, 0) is 44.1 Å². The highest BCUT2D eigenvalue weighted by Gasteiger charge is 2.28. The van der Waals surface area contributed by atoms with Gasteiger partial charge in [0.2, 0.25) is 5.91 Å². The number of rotatable bonds is 7. The average molecular weight is 430 g/mol. The number of hydrogen-bond acceptors (Lipinski definition) is 4. The van der Waals surface area contributed by atoms with Gasteiger partial charge in [0, 0.05) is 24.0 Å². The number of halogens is 2. The minimum Gasteiger partial charge on any atom is -0.302 e. The number of carbonyl (C=O) groups is 1. The maximum atomic E-state index is 13.3. The van der Waals surface area contributed by atoms with Crippen LogP contribution in [0.5, 0.6) is 0 Å². The summed E-state index contributed by atoms with van der Waals surface area (Å²) in [5.74, 6) is 0.401. The van der Waals surface area contributed by atoms with E-state index in [1.54, 1.807) is 11.3 Å². The molecule has 0 saturated heterocycles. The first-order chi connectivity index (χ1) is 12.6. The van der Waals surface area contributed by atoms with Crippen LogP contribution in [-0.2, 0) is 4.79 Å². The molecule has 7 heteroatoms. The molecule has 4 nitrogen and oxygen atoms in total. The Morgan fingerprint density at radius 3 is 2.56 bits per heavy atom. The van der Waals surface area contributed by atoms with Crippen molar-refractivity contribution in [1.82, 2.24) is 9.88 Å². The summed E-state index contributed by atoms with van der Waals surface area (Å²) < 4.78 is 1.04. The van der Waals surface area contributed by atoms with Crippen molar-refractivity contribution < 1.29 is 4.79 Å². The van der Waals surface area contributed by atoms with E-state index in [1.807, 2.05) is 23.1 Å². The van der Waals surface area contributed by atoms with Gasteiger partial charge in [0.15, 0.2) is 5.13 Å². The van der Waals surface area contributed by atoms with Crippen LogP contribution in [0.15, 0.2) is 18.2 Å². The lowest BCUT2D eigenvalue weighted by Crippen LogP contribution is -2.42. The van der Waals surface area contributed by atoms with Gasteiger partial charge in [-0.25, -0.2) is 4.98 Å². The molecule has 1 amide bonds. The summed E-state index contributed by atoms with van der Waals surface area (Å²) in [5.41, 5.74) is 0.915. The second kappa shape index (κ2) is 10.6. The normalized spacial score (nSPS) is 15.1. The van der Waals surface area contributed by atoms with Crippen molar-refractivity contribution >= 4 is 56.6 Å². The van der Waals surface area contributed by atoms with E-state index in [1.165, 1.54) is 6.42 Å². The number of benzene rings is 1. The fraction of sp³-hybridized carbons (Fsp3) is 0.600. The van der Waals surface area contributed by atoms with Crippen LogP contribution in [0.2, 0.25) is 5.02 Å². The van der Waals surface area contributed by atoms with Gasteiger partial charge in [-0.3, -0.25) is 9.69 Å². The topological polar surface area (TPSA) is 36.4 Å². The first kappa shape index (κ1) is 22.4. The Labute approximate surface area is 177 Å². The fourth-order valence-corrected chi connectivity index (χ4v) is 4.93. The third-order valence-electron chi connectivity index (χ3n) is 5.32. The second-order valence-electron chi connectivity index (χ2n) is 6.96. The van der Waals surface area contributed by atoms with Crippen molar-refractivity contribution in [2.24, 2.45) is 5.92 Å². The van der Waals surface area contributed by atoms with Crippen LogP contribution >= 0.6 is 35.3 Å². The summed E-state index contributed by atoms with van der Waals surface area (Å²) in [4.78, 5) is 22.3. The molecule has 27 heavy (non-hydrogen) atoms. The zero-order chi connectivity index (χ0) is 18.5. The Hall–Kier alpha value is -0.880. The van der Waals surface area contributed by atoms with Crippen molar-refractivity contribution in [3.8, 4) is 0 Å². The van der Waals surface area contributed by atoms with Crippen LogP contribution in [0.4, 0.5) is 5.13 Å². The second-order valence-corrected chi connectivity index (χ2v) is 8.41. The van der Waals surface area contributed by atoms with E-state index in [9.17, 15) is 4.79 Å². The Balaban J connectivity index is 0.00000261. The number of hydrogen-bond donors (Lipinski definition) is 0. The van der Waals surface area contributed by atoms with Gasteiger partial charge >= 0.3 is 0 Å². The van der Waals surface area contributed by atoms with Gasteiger partial charge in [-0.2, -0.15) is 0 Å². The standard InChI is InChI=1S/C20H28ClN3OS.ClH/c1-3-23(4-2)12-13-24(19(25)15-8-6-5-7-9-15)20-22-17-11-10-16(21)14-18(17)26-20;/h10-11,14-15H,3-9,12-13H2,1-2H3;1H. The van der Waals surface area contributed by atoms with Crippen molar-refractivity contribution in [1.29, 1.82) is 0 Å². The molecule has 1 aromatic carbocycles. The lowest BCUT2D eigenvalue weighted by atomic mass is 9.88. The molecule has 1 aromatic heterocycles. The molecule has 2 aromatic rings. The van der Waals surface area contributed by atoms with Gasteiger partial charge in [0.05, 0.1) is 10.2 Å². The fourth-order valence-electron chi connectivity index (χ4n) is 3.65. The number of anilines is 1. The molecule has 1 aliphatic rings. The Morgan fingerprint density at radius 1 is 1.19 bits per heavy atom. The first-order valence-electron chi connectivity index (χ1n) is 9.72. The van der Waals surface area contributed by atoms with Crippen molar-refractivity contribution in [3.63, 3.8) is 0 Å². The number of amides is 1. The van der Waals surface area contributed by atoms with Crippen LogP contribution in [-0.4, -0.2) is 42.0 Å². The molecule has 1 saturated carbocycles. The minimum absolute atomic E-state index is 0. The summed E-state index contributed by atoms with van der Waals surface area (Å²) in [6, 6.07) is 5.73. The average Bonchev–Trinajstić information content (AvgIpc) is 3.08. The third-order valence-corrected chi connectivity index (χ3v) is 6.60. The lowest BCUT2D eigenvalue weighted by Gasteiger charge is -2.29. The SMILES string of the molecule is CCN(CC)CCN(C(=O)C1CCCCC1)c1nc2ccc(Cl)cc2s1.Cl. The number of thiazole rings is 1. The van der Waals surface area contributed by atoms with Crippen LogP contribution in [0.25, 0.3) is 10.2 Å².